The number of likely N-dealkylation sites (tertiary alicyclic amines) is 1. The van der Waals surface area contributed by atoms with Gasteiger partial charge in [0, 0.05) is 51.3 Å². The van der Waals surface area contributed by atoms with E-state index in [-0.39, 0.29) is 17.7 Å². The average molecular weight is 430 g/mol. The predicted molar refractivity (Wildman–Crippen MR) is 120 cm³/mol. The number of aryl methyl sites for hydroxylation is 3. The molecule has 1 saturated heterocycles. The fourth-order valence-electron chi connectivity index (χ4n) is 4.67. The summed E-state index contributed by atoms with van der Waals surface area (Å²) in [6.45, 7) is 10.8. The van der Waals surface area contributed by atoms with E-state index in [9.17, 15) is 9.59 Å². The van der Waals surface area contributed by atoms with Gasteiger partial charge in [0.2, 0.25) is 17.7 Å². The number of hydrogen-bond acceptors (Lipinski definition) is 5. The molecule has 0 aromatic carbocycles. The highest BCUT2D eigenvalue weighted by Gasteiger charge is 2.29. The molecule has 0 bridgehead atoms. The number of carbonyl (C=O) groups is 2. The average Bonchev–Trinajstić information content (AvgIpc) is 3.09. The van der Waals surface area contributed by atoms with Gasteiger partial charge >= 0.3 is 0 Å². The minimum absolute atomic E-state index is 0.0399. The number of piperidine rings is 1. The molecule has 8 heteroatoms. The van der Waals surface area contributed by atoms with Crippen molar-refractivity contribution in [3.63, 3.8) is 0 Å². The summed E-state index contributed by atoms with van der Waals surface area (Å²) < 4.78 is 7.16. The Kier molecular flexibility index (Phi) is 7.18. The molecule has 2 aromatic rings. The van der Waals surface area contributed by atoms with E-state index < -0.39 is 0 Å². The van der Waals surface area contributed by atoms with E-state index in [0.717, 1.165) is 53.8 Å². The van der Waals surface area contributed by atoms with E-state index in [2.05, 4.69) is 5.10 Å². The maximum absolute atomic E-state index is 12.9. The molecule has 0 radical (unpaired) electrons. The number of rotatable bonds is 7. The minimum Gasteiger partial charge on any atom is -0.479 e. The van der Waals surface area contributed by atoms with Crippen LogP contribution in [0.5, 0.6) is 5.88 Å². The molecule has 0 spiro atoms. The van der Waals surface area contributed by atoms with Crippen LogP contribution in [-0.2, 0) is 23.1 Å². The zero-order valence-electron chi connectivity index (χ0n) is 19.7. The van der Waals surface area contributed by atoms with E-state index in [1.54, 1.807) is 11.8 Å². The molecule has 3 rings (SSSR count). The second-order valence-electron chi connectivity index (χ2n) is 8.30. The molecule has 0 unspecified atom stereocenters. The molecule has 0 aliphatic carbocycles. The van der Waals surface area contributed by atoms with Crippen LogP contribution in [0.25, 0.3) is 11.0 Å². The third-order valence-electron chi connectivity index (χ3n) is 6.58. The highest BCUT2D eigenvalue weighted by molar-refractivity contribution is 5.86. The molecule has 0 saturated carbocycles. The second kappa shape index (κ2) is 9.66. The number of ether oxygens (including phenoxy) is 1. The fourth-order valence-corrected chi connectivity index (χ4v) is 4.67. The molecule has 2 amide bonds. The summed E-state index contributed by atoms with van der Waals surface area (Å²) >= 11 is 0. The summed E-state index contributed by atoms with van der Waals surface area (Å²) in [4.78, 5) is 34.0. The Morgan fingerprint density at radius 2 is 1.81 bits per heavy atom. The standard InChI is InChI=1S/C23H35N5O3/c1-7-27(8-2)23(30)17-11-13-28(14-12-17)19(29)10-9-18-15(3)20-21(24-16(18)4)26(5)25-22(20)31-6/h17H,7-14H2,1-6H3. The highest BCUT2D eigenvalue weighted by atomic mass is 16.5. The second-order valence-corrected chi connectivity index (χ2v) is 8.30. The van der Waals surface area contributed by atoms with Gasteiger partial charge in [-0.15, -0.1) is 5.10 Å². The number of fused-ring (bicyclic) bond motifs is 1. The lowest BCUT2D eigenvalue weighted by molar-refractivity contribution is -0.140. The number of pyridine rings is 1. The van der Waals surface area contributed by atoms with E-state index in [4.69, 9.17) is 9.72 Å². The Bertz CT molecular complexity index is 956. The third-order valence-corrected chi connectivity index (χ3v) is 6.58. The third kappa shape index (κ3) is 4.52. The van der Waals surface area contributed by atoms with Crippen LogP contribution < -0.4 is 4.74 Å². The van der Waals surface area contributed by atoms with Crippen molar-refractivity contribution in [1.82, 2.24) is 24.6 Å². The maximum Gasteiger partial charge on any atom is 0.242 e. The van der Waals surface area contributed by atoms with Crippen molar-refractivity contribution in [2.45, 2.75) is 53.4 Å². The number of aromatic nitrogens is 3. The molecule has 3 heterocycles. The lowest BCUT2D eigenvalue weighted by Gasteiger charge is -2.34. The van der Waals surface area contributed by atoms with Gasteiger partial charge in [-0.25, -0.2) is 9.67 Å². The van der Waals surface area contributed by atoms with E-state index in [0.29, 0.717) is 31.8 Å². The van der Waals surface area contributed by atoms with Crippen molar-refractivity contribution in [3.8, 4) is 5.88 Å². The number of methoxy groups -OCH3 is 1. The van der Waals surface area contributed by atoms with Crippen molar-refractivity contribution in [1.29, 1.82) is 0 Å². The van der Waals surface area contributed by atoms with Gasteiger partial charge in [0.25, 0.3) is 0 Å². The van der Waals surface area contributed by atoms with Crippen molar-refractivity contribution < 1.29 is 14.3 Å². The van der Waals surface area contributed by atoms with Crippen molar-refractivity contribution >= 4 is 22.8 Å². The summed E-state index contributed by atoms with van der Waals surface area (Å²) in [7, 11) is 3.47. The number of hydrogen-bond donors (Lipinski definition) is 0. The van der Waals surface area contributed by atoms with Crippen molar-refractivity contribution in [2.75, 3.05) is 33.3 Å². The number of nitrogens with zero attached hydrogens (tertiary/aromatic N) is 5. The minimum atomic E-state index is 0.0399. The Morgan fingerprint density at radius 1 is 1.16 bits per heavy atom. The smallest absolute Gasteiger partial charge is 0.242 e. The number of amides is 2. The van der Waals surface area contributed by atoms with Gasteiger partial charge in [-0.3, -0.25) is 9.59 Å². The zero-order chi connectivity index (χ0) is 22.7. The SMILES string of the molecule is CCN(CC)C(=O)C1CCN(C(=O)CCc2c(C)nc3c(c(OC)nn3C)c2C)CC1. The lowest BCUT2D eigenvalue weighted by Crippen LogP contribution is -2.44. The van der Waals surface area contributed by atoms with E-state index in [1.165, 1.54) is 0 Å². The van der Waals surface area contributed by atoms with Crippen LogP contribution in [0.4, 0.5) is 0 Å². The molecule has 1 aliphatic rings. The van der Waals surface area contributed by atoms with Crippen LogP contribution in [-0.4, -0.2) is 69.7 Å². The van der Waals surface area contributed by atoms with E-state index >= 15 is 0 Å². The van der Waals surface area contributed by atoms with Crippen LogP contribution in [0.3, 0.4) is 0 Å². The molecule has 0 atom stereocenters. The largest absolute Gasteiger partial charge is 0.479 e. The molecular weight excluding hydrogens is 394 g/mol. The fraction of sp³-hybridized carbons (Fsp3) is 0.652. The van der Waals surface area contributed by atoms with Crippen LogP contribution in [0.15, 0.2) is 0 Å². The van der Waals surface area contributed by atoms with Crippen molar-refractivity contribution in [2.24, 2.45) is 13.0 Å². The topological polar surface area (TPSA) is 80.6 Å². The highest BCUT2D eigenvalue weighted by Crippen LogP contribution is 2.30. The summed E-state index contributed by atoms with van der Waals surface area (Å²) in [5.74, 6) is 0.979. The van der Waals surface area contributed by atoms with Gasteiger partial charge in [0.05, 0.1) is 12.5 Å². The Morgan fingerprint density at radius 3 is 2.39 bits per heavy atom. The predicted octanol–water partition coefficient (Wildman–Crippen LogP) is 2.63. The summed E-state index contributed by atoms with van der Waals surface area (Å²) in [6.07, 6.45) is 2.57. The van der Waals surface area contributed by atoms with Gasteiger partial charge < -0.3 is 14.5 Å². The number of carbonyl (C=O) groups excluding carboxylic acids is 2. The Balaban J connectivity index is 1.64. The maximum atomic E-state index is 12.9. The normalized spacial score (nSPS) is 14.8. The first-order chi connectivity index (χ1) is 14.8. The summed E-state index contributed by atoms with van der Waals surface area (Å²) in [6, 6.07) is 0. The van der Waals surface area contributed by atoms with Gasteiger partial charge in [-0.05, 0) is 58.1 Å². The molecule has 170 valence electrons. The first-order valence-electron chi connectivity index (χ1n) is 11.3. The van der Waals surface area contributed by atoms with E-state index in [1.807, 2.05) is 44.5 Å². The molecule has 1 fully saturated rings. The van der Waals surface area contributed by atoms with Gasteiger partial charge in [-0.1, -0.05) is 0 Å². The molecule has 0 N–H and O–H groups in total. The summed E-state index contributed by atoms with van der Waals surface area (Å²) in [5, 5.41) is 5.30. The van der Waals surface area contributed by atoms with Gasteiger partial charge in [0.15, 0.2) is 5.65 Å². The van der Waals surface area contributed by atoms with Crippen LogP contribution in [0.2, 0.25) is 0 Å². The Hall–Kier alpha value is -2.64. The first kappa shape index (κ1) is 23.0. The molecule has 2 aromatic heterocycles. The van der Waals surface area contributed by atoms with Crippen molar-refractivity contribution in [3.05, 3.63) is 16.8 Å². The van der Waals surface area contributed by atoms with Crippen LogP contribution in [0, 0.1) is 19.8 Å². The molecule has 1 aliphatic heterocycles. The molecule has 31 heavy (non-hydrogen) atoms. The first-order valence-corrected chi connectivity index (χ1v) is 11.3. The molecule has 8 nitrogen and oxygen atoms in total. The Labute approximate surface area is 184 Å². The van der Waals surface area contributed by atoms with Crippen LogP contribution >= 0.6 is 0 Å². The monoisotopic (exact) mass is 429 g/mol. The molecular formula is C23H35N5O3. The van der Waals surface area contributed by atoms with Gasteiger partial charge in [0.1, 0.15) is 0 Å². The lowest BCUT2D eigenvalue weighted by atomic mass is 9.94. The van der Waals surface area contributed by atoms with Gasteiger partial charge in [-0.2, -0.15) is 0 Å². The van der Waals surface area contributed by atoms with Crippen LogP contribution in [0.1, 0.15) is 49.9 Å². The summed E-state index contributed by atoms with van der Waals surface area (Å²) in [5.41, 5.74) is 3.87. The quantitative estimate of drug-likeness (QED) is 0.676. The zero-order valence-corrected chi connectivity index (χ0v) is 19.7.